The molecule has 0 radical (unpaired) electrons. The number of hydrogen-bond acceptors (Lipinski definition) is 5. The molecule has 0 N–H and O–H groups in total. The van der Waals surface area contributed by atoms with Gasteiger partial charge in [-0.25, -0.2) is 12.7 Å². The molecule has 0 aliphatic rings. The van der Waals surface area contributed by atoms with E-state index in [0.29, 0.717) is 18.1 Å². The predicted molar refractivity (Wildman–Crippen MR) is 94.4 cm³/mol. The maximum atomic E-state index is 12.5. The van der Waals surface area contributed by atoms with Crippen LogP contribution in [0.25, 0.3) is 11.5 Å². The highest BCUT2D eigenvalue weighted by Crippen LogP contribution is 2.19. The number of sulfonamides is 1. The Kier molecular flexibility index (Phi) is 4.96. The predicted octanol–water partition coefficient (Wildman–Crippen LogP) is 2.91. The minimum atomic E-state index is -3.51. The molecule has 1 heterocycles. The minimum absolute atomic E-state index is 0.268. The summed E-state index contributed by atoms with van der Waals surface area (Å²) in [6, 6.07) is 16.1. The van der Waals surface area contributed by atoms with Gasteiger partial charge < -0.3 is 4.52 Å². The molecule has 0 bridgehead atoms. The van der Waals surface area contributed by atoms with Gasteiger partial charge in [-0.2, -0.15) is 4.98 Å². The molecular weight excluding hydrogens is 338 g/mol. The minimum Gasteiger partial charge on any atom is -0.334 e. The molecular formula is C18H19N3O3S. The lowest BCUT2D eigenvalue weighted by Gasteiger charge is -2.16. The summed E-state index contributed by atoms with van der Waals surface area (Å²) >= 11 is 0. The Labute approximate surface area is 147 Å². The van der Waals surface area contributed by atoms with Crippen LogP contribution in [0.2, 0.25) is 0 Å². The highest BCUT2D eigenvalue weighted by Gasteiger charge is 2.21. The van der Waals surface area contributed by atoms with E-state index in [9.17, 15) is 8.42 Å². The normalized spacial score (nSPS) is 11.8. The van der Waals surface area contributed by atoms with Crippen LogP contribution in [0.5, 0.6) is 0 Å². The first-order chi connectivity index (χ1) is 12.0. The summed E-state index contributed by atoms with van der Waals surface area (Å²) in [7, 11) is -1.97. The van der Waals surface area contributed by atoms with E-state index in [1.54, 1.807) is 37.4 Å². The highest BCUT2D eigenvalue weighted by molar-refractivity contribution is 7.89. The quantitative estimate of drug-likeness (QED) is 0.678. The first kappa shape index (κ1) is 17.3. The number of hydrogen-bond donors (Lipinski definition) is 0. The Bertz CT molecular complexity index is 952. The summed E-state index contributed by atoms with van der Waals surface area (Å²) in [6.45, 7) is 2.26. The van der Waals surface area contributed by atoms with Crippen molar-refractivity contribution >= 4 is 10.0 Å². The second-order valence-corrected chi connectivity index (χ2v) is 7.82. The molecule has 3 rings (SSSR count). The van der Waals surface area contributed by atoms with E-state index in [1.165, 1.54) is 4.31 Å². The topological polar surface area (TPSA) is 76.3 Å². The molecule has 0 spiro atoms. The fraction of sp³-hybridized carbons (Fsp3) is 0.222. The van der Waals surface area contributed by atoms with Crippen molar-refractivity contribution in [3.05, 3.63) is 66.0 Å². The van der Waals surface area contributed by atoms with Crippen LogP contribution in [0.1, 0.15) is 11.4 Å². The molecule has 0 fully saturated rings. The molecule has 7 heteroatoms. The van der Waals surface area contributed by atoms with E-state index < -0.39 is 10.0 Å². The average Bonchev–Trinajstić information content (AvgIpc) is 3.09. The Morgan fingerprint density at radius 3 is 2.56 bits per heavy atom. The van der Waals surface area contributed by atoms with Crippen molar-refractivity contribution in [3.8, 4) is 11.5 Å². The van der Waals surface area contributed by atoms with Crippen LogP contribution in [0, 0.1) is 6.92 Å². The van der Waals surface area contributed by atoms with Crippen molar-refractivity contribution in [2.75, 3.05) is 13.6 Å². The van der Waals surface area contributed by atoms with Crippen molar-refractivity contribution in [1.29, 1.82) is 0 Å². The highest BCUT2D eigenvalue weighted by atomic mass is 32.2. The molecule has 0 saturated carbocycles. The fourth-order valence-electron chi connectivity index (χ4n) is 2.40. The third-order valence-corrected chi connectivity index (χ3v) is 5.71. The molecule has 0 atom stereocenters. The van der Waals surface area contributed by atoms with Gasteiger partial charge in [0.2, 0.25) is 10.0 Å². The van der Waals surface area contributed by atoms with Gasteiger partial charge in [0.15, 0.2) is 5.82 Å². The molecule has 0 unspecified atom stereocenters. The Morgan fingerprint density at radius 1 is 1.08 bits per heavy atom. The maximum Gasteiger partial charge on any atom is 0.257 e. The number of aryl methyl sites for hydroxylation is 1. The molecule has 6 nitrogen and oxygen atoms in total. The maximum absolute atomic E-state index is 12.5. The van der Waals surface area contributed by atoms with Gasteiger partial charge in [-0.05, 0) is 31.2 Å². The lowest BCUT2D eigenvalue weighted by molar-refractivity contribution is 0.415. The summed E-state index contributed by atoms with van der Waals surface area (Å²) in [6.07, 6.45) is 0.373. The lowest BCUT2D eigenvalue weighted by Crippen LogP contribution is -2.29. The Balaban J connectivity index is 1.68. The average molecular weight is 357 g/mol. The molecule has 0 amide bonds. The van der Waals surface area contributed by atoms with E-state index >= 15 is 0 Å². The molecule has 0 aliphatic carbocycles. The van der Waals surface area contributed by atoms with E-state index in [4.69, 9.17) is 4.52 Å². The van der Waals surface area contributed by atoms with Gasteiger partial charge in [0.25, 0.3) is 5.89 Å². The summed E-state index contributed by atoms with van der Waals surface area (Å²) in [5.41, 5.74) is 1.95. The van der Waals surface area contributed by atoms with Gasteiger partial charge in [-0.3, -0.25) is 0 Å². The van der Waals surface area contributed by atoms with Gasteiger partial charge in [-0.15, -0.1) is 0 Å². The number of likely N-dealkylation sites (N-methyl/N-ethyl adjacent to an activating group) is 1. The molecule has 2 aromatic carbocycles. The summed E-state index contributed by atoms with van der Waals surface area (Å²) in [4.78, 5) is 4.62. The first-order valence-corrected chi connectivity index (χ1v) is 9.32. The van der Waals surface area contributed by atoms with Crippen molar-refractivity contribution in [2.45, 2.75) is 18.2 Å². The van der Waals surface area contributed by atoms with Crippen LogP contribution in [0.15, 0.2) is 64.0 Å². The lowest BCUT2D eigenvalue weighted by atomic mass is 10.1. The fourth-order valence-corrected chi connectivity index (χ4v) is 3.59. The Hall–Kier alpha value is -2.51. The smallest absolute Gasteiger partial charge is 0.257 e. The largest absolute Gasteiger partial charge is 0.334 e. The van der Waals surface area contributed by atoms with Crippen molar-refractivity contribution in [1.82, 2.24) is 14.4 Å². The van der Waals surface area contributed by atoms with E-state index in [2.05, 4.69) is 10.1 Å². The van der Waals surface area contributed by atoms with E-state index in [-0.39, 0.29) is 11.4 Å². The zero-order valence-electron chi connectivity index (χ0n) is 14.1. The molecule has 25 heavy (non-hydrogen) atoms. The van der Waals surface area contributed by atoms with E-state index in [1.807, 2.05) is 31.2 Å². The van der Waals surface area contributed by atoms with Crippen LogP contribution in [-0.4, -0.2) is 36.5 Å². The van der Waals surface area contributed by atoms with Crippen LogP contribution in [-0.2, 0) is 16.4 Å². The van der Waals surface area contributed by atoms with Crippen molar-refractivity contribution in [3.63, 3.8) is 0 Å². The summed E-state index contributed by atoms with van der Waals surface area (Å²) in [5.74, 6) is 0.916. The van der Waals surface area contributed by atoms with Crippen LogP contribution >= 0.6 is 0 Å². The molecule has 0 saturated heterocycles. The summed E-state index contributed by atoms with van der Waals surface area (Å²) < 4.78 is 31.5. The molecule has 3 aromatic rings. The van der Waals surface area contributed by atoms with Gasteiger partial charge >= 0.3 is 0 Å². The first-order valence-electron chi connectivity index (χ1n) is 7.88. The number of nitrogens with zero attached hydrogens (tertiary/aromatic N) is 3. The molecule has 130 valence electrons. The third-order valence-electron chi connectivity index (χ3n) is 3.83. The van der Waals surface area contributed by atoms with Crippen LogP contribution in [0.3, 0.4) is 0 Å². The zero-order valence-corrected chi connectivity index (χ0v) is 14.9. The second-order valence-electron chi connectivity index (χ2n) is 5.77. The van der Waals surface area contributed by atoms with Crippen molar-refractivity contribution < 1.29 is 12.9 Å². The zero-order chi connectivity index (χ0) is 17.9. The van der Waals surface area contributed by atoms with E-state index in [0.717, 1.165) is 11.1 Å². The van der Waals surface area contributed by atoms with Crippen molar-refractivity contribution in [2.24, 2.45) is 0 Å². The van der Waals surface area contributed by atoms with Crippen LogP contribution < -0.4 is 0 Å². The summed E-state index contributed by atoms with van der Waals surface area (Å²) in [5, 5.41) is 3.94. The van der Waals surface area contributed by atoms with Gasteiger partial charge in [-0.1, -0.05) is 41.1 Å². The Morgan fingerprint density at radius 2 is 1.84 bits per heavy atom. The standard InChI is InChI=1S/C18H19N3O3S/c1-14-7-6-8-15(13-14)18-19-17(20-24-18)11-12-21(2)25(22,23)16-9-4-3-5-10-16/h3-10,13H,11-12H2,1-2H3. The third kappa shape index (κ3) is 3.94. The molecule has 0 aliphatic heterocycles. The SMILES string of the molecule is Cc1cccc(-c2nc(CCN(C)S(=O)(=O)c3ccccc3)no2)c1. The van der Waals surface area contributed by atoms with Crippen LogP contribution in [0.4, 0.5) is 0 Å². The second kappa shape index (κ2) is 7.16. The molecule has 1 aromatic heterocycles. The number of rotatable bonds is 6. The number of benzene rings is 2. The van der Waals surface area contributed by atoms with Gasteiger partial charge in [0.05, 0.1) is 4.90 Å². The monoisotopic (exact) mass is 357 g/mol. The van der Waals surface area contributed by atoms with Gasteiger partial charge in [0.1, 0.15) is 0 Å². The number of aromatic nitrogens is 2. The van der Waals surface area contributed by atoms with Gasteiger partial charge in [0, 0.05) is 25.6 Å².